The standard InChI is InChI=1S/C10H17N5O13P2S/c11-8-5-9(15(3-13-8)29(18,19)20)14(2-12-5)10-7(17)6(16)4(27-10)1-26-30(21,22)28-31(23,24)25/h2-4,6-7,9-10,16-17H,1,11H2,(H,21,22)(H2,18,19,20)(H,23,24,25)/t4-,6-,7-,9?,10-/m1/s1. The minimum atomic E-state index is -5.34. The van der Waals surface area contributed by atoms with Gasteiger partial charge in [-0.05, 0) is 0 Å². The van der Waals surface area contributed by atoms with Crippen molar-refractivity contribution in [2.24, 2.45) is 15.7 Å². The molecule has 0 aromatic heterocycles. The van der Waals surface area contributed by atoms with Crippen molar-refractivity contribution in [2.45, 2.75) is 30.7 Å². The largest absolute Gasteiger partial charge is 0.488 e. The number of fused-ring (bicyclic) bond motifs is 1. The van der Waals surface area contributed by atoms with Crippen molar-refractivity contribution >= 4 is 38.6 Å². The van der Waals surface area contributed by atoms with Crippen LogP contribution in [0.2, 0.25) is 0 Å². The summed E-state index contributed by atoms with van der Waals surface area (Å²) < 4.78 is 66.5. The molecular formula is C10H17N5O13P2S. The van der Waals surface area contributed by atoms with Crippen molar-refractivity contribution in [3.63, 3.8) is 0 Å². The quantitative estimate of drug-likeness (QED) is 0.130. The van der Waals surface area contributed by atoms with Gasteiger partial charge in [-0.1, -0.05) is 0 Å². The minimum absolute atomic E-state index is 0.0859. The summed E-state index contributed by atoms with van der Waals surface area (Å²) in [6.07, 6.45) is -6.16. The molecule has 0 aliphatic carbocycles. The Balaban J connectivity index is 1.77. The van der Waals surface area contributed by atoms with Gasteiger partial charge in [0, 0.05) is 0 Å². The van der Waals surface area contributed by atoms with E-state index in [1.807, 2.05) is 0 Å². The van der Waals surface area contributed by atoms with Gasteiger partial charge in [-0.15, -0.1) is 3.97 Å². The van der Waals surface area contributed by atoms with Gasteiger partial charge in [-0.3, -0.25) is 9.08 Å². The second kappa shape index (κ2) is 8.14. The van der Waals surface area contributed by atoms with Gasteiger partial charge in [-0.2, -0.15) is 8.42 Å². The Hall–Kier alpha value is -1.47. The molecule has 3 aliphatic heterocycles. The average molecular weight is 509 g/mol. The summed E-state index contributed by atoms with van der Waals surface area (Å²) in [5.41, 5.74) is 5.58. The molecule has 31 heavy (non-hydrogen) atoms. The molecule has 8 N–H and O–H groups in total. The summed E-state index contributed by atoms with van der Waals surface area (Å²) in [6.45, 7) is -0.984. The smallest absolute Gasteiger partial charge is 0.387 e. The molecule has 1 fully saturated rings. The first-order valence-corrected chi connectivity index (χ1v) is 12.4. The summed E-state index contributed by atoms with van der Waals surface area (Å²) in [4.78, 5) is 36.9. The van der Waals surface area contributed by atoms with E-state index in [1.165, 1.54) is 0 Å². The van der Waals surface area contributed by atoms with Crippen molar-refractivity contribution in [1.29, 1.82) is 0 Å². The molecule has 21 heteroatoms. The molecule has 2 unspecified atom stereocenters. The van der Waals surface area contributed by atoms with Gasteiger partial charge in [-0.25, -0.2) is 23.8 Å². The molecule has 3 heterocycles. The molecule has 0 aromatic carbocycles. The number of phosphoric ester groups is 1. The Morgan fingerprint density at radius 2 is 1.81 bits per heavy atom. The van der Waals surface area contributed by atoms with Crippen LogP contribution in [0, 0.1) is 0 Å². The van der Waals surface area contributed by atoms with Crippen LogP contribution in [0.25, 0.3) is 0 Å². The first-order valence-electron chi connectivity index (χ1n) is 7.98. The third-order valence-electron chi connectivity index (χ3n) is 4.21. The van der Waals surface area contributed by atoms with Gasteiger partial charge >= 0.3 is 26.0 Å². The average Bonchev–Trinajstić information content (AvgIpc) is 3.14. The maximum atomic E-state index is 11.8. The predicted octanol–water partition coefficient (Wildman–Crippen LogP) is -3.40. The van der Waals surface area contributed by atoms with Crippen LogP contribution in [0.3, 0.4) is 0 Å². The topological polar surface area (TPSA) is 275 Å². The second-order valence-corrected chi connectivity index (χ2v) is 10.4. The van der Waals surface area contributed by atoms with Gasteiger partial charge in [0.2, 0.25) is 0 Å². The summed E-state index contributed by atoms with van der Waals surface area (Å²) in [5, 5.41) is 20.5. The lowest BCUT2D eigenvalue weighted by Crippen LogP contribution is -2.53. The Morgan fingerprint density at radius 1 is 1.16 bits per heavy atom. The zero-order valence-electron chi connectivity index (χ0n) is 15.0. The first-order chi connectivity index (χ1) is 14.1. The number of aliphatic hydroxyl groups is 2. The highest BCUT2D eigenvalue weighted by Gasteiger charge is 2.52. The molecule has 0 spiro atoms. The Morgan fingerprint density at radius 3 is 2.39 bits per heavy atom. The number of aliphatic imine (C=N–C) groups is 2. The van der Waals surface area contributed by atoms with Crippen LogP contribution in [0.5, 0.6) is 0 Å². The monoisotopic (exact) mass is 509 g/mol. The molecule has 0 bridgehead atoms. The molecule has 18 nitrogen and oxygen atoms in total. The highest BCUT2D eigenvalue weighted by Crippen LogP contribution is 2.47. The van der Waals surface area contributed by atoms with Crippen LogP contribution in [0.1, 0.15) is 0 Å². The molecule has 0 radical (unpaired) electrons. The molecule has 0 aromatic rings. The molecule has 0 amide bonds. The molecule has 0 saturated carbocycles. The molecule has 3 aliphatic rings. The van der Waals surface area contributed by atoms with Crippen molar-refractivity contribution in [1.82, 2.24) is 9.57 Å². The van der Waals surface area contributed by atoms with Crippen LogP contribution in [0.4, 0.5) is 0 Å². The van der Waals surface area contributed by atoms with Crippen LogP contribution in [-0.4, -0.2) is 97.4 Å². The van der Waals surface area contributed by atoms with Crippen LogP contribution < -0.4 is 5.73 Å². The van der Waals surface area contributed by atoms with E-state index in [1.54, 1.807) is 0 Å². The number of nitrogens with two attached hydrogens (primary N) is 1. The van der Waals surface area contributed by atoms with E-state index in [0.717, 1.165) is 17.6 Å². The molecule has 176 valence electrons. The summed E-state index contributed by atoms with van der Waals surface area (Å²) in [6, 6.07) is 0. The lowest BCUT2D eigenvalue weighted by Gasteiger charge is -2.38. The Labute approximate surface area is 173 Å². The van der Waals surface area contributed by atoms with Crippen LogP contribution in [-0.2, 0) is 32.8 Å². The van der Waals surface area contributed by atoms with Gasteiger partial charge in [0.05, 0.1) is 12.9 Å². The van der Waals surface area contributed by atoms with E-state index < -0.39 is 63.3 Å². The maximum absolute atomic E-state index is 11.8. The Bertz CT molecular complexity index is 1030. The van der Waals surface area contributed by atoms with E-state index in [-0.39, 0.29) is 11.5 Å². The number of hydrogen-bond donors (Lipinski definition) is 7. The molecule has 6 atom stereocenters. The third kappa shape index (κ3) is 5.14. The summed E-state index contributed by atoms with van der Waals surface area (Å²) in [7, 11) is -15.6. The molecule has 1 saturated heterocycles. The van der Waals surface area contributed by atoms with Crippen molar-refractivity contribution < 1.29 is 60.2 Å². The lowest BCUT2D eigenvalue weighted by atomic mass is 10.1. The zero-order chi connectivity index (χ0) is 23.4. The van der Waals surface area contributed by atoms with E-state index >= 15 is 0 Å². The van der Waals surface area contributed by atoms with E-state index in [4.69, 9.17) is 15.0 Å². The number of aliphatic hydroxyl groups excluding tert-OH is 2. The zero-order valence-corrected chi connectivity index (χ0v) is 17.6. The highest BCUT2D eigenvalue weighted by molar-refractivity contribution is 7.85. The van der Waals surface area contributed by atoms with Crippen molar-refractivity contribution in [3.05, 3.63) is 11.5 Å². The van der Waals surface area contributed by atoms with Crippen LogP contribution in [0.15, 0.2) is 21.5 Å². The maximum Gasteiger partial charge on any atom is 0.488 e. The molecule has 3 rings (SSSR count). The normalized spacial score (nSPS) is 33.2. The second-order valence-electron chi connectivity index (χ2n) is 6.29. The number of rotatable bonds is 7. The summed E-state index contributed by atoms with van der Waals surface area (Å²) >= 11 is 0. The fraction of sp³-hybridized carbons (Fsp3) is 0.600. The van der Waals surface area contributed by atoms with Gasteiger partial charge < -0.3 is 40.3 Å². The fourth-order valence-electron chi connectivity index (χ4n) is 2.95. The van der Waals surface area contributed by atoms with Gasteiger partial charge in [0.1, 0.15) is 30.3 Å². The Kier molecular flexibility index (Phi) is 6.35. The number of ether oxygens (including phenoxy) is 1. The first kappa shape index (κ1) is 24.2. The molecular weight excluding hydrogens is 492 g/mol. The predicted molar refractivity (Wildman–Crippen MR) is 96.8 cm³/mol. The van der Waals surface area contributed by atoms with Crippen LogP contribution >= 0.6 is 15.6 Å². The minimum Gasteiger partial charge on any atom is -0.387 e. The third-order valence-corrected chi connectivity index (χ3v) is 7.11. The van der Waals surface area contributed by atoms with Crippen molar-refractivity contribution in [3.8, 4) is 0 Å². The summed E-state index contributed by atoms with van der Waals surface area (Å²) in [5.74, 6) is -0.176. The number of hydrogen-bond acceptors (Lipinski definition) is 13. The highest BCUT2D eigenvalue weighted by atomic mass is 32.3. The fourth-order valence-corrected chi connectivity index (χ4v) is 5.11. The lowest BCUT2D eigenvalue weighted by molar-refractivity contribution is -0.0826. The van der Waals surface area contributed by atoms with E-state index in [0.29, 0.717) is 4.67 Å². The van der Waals surface area contributed by atoms with Gasteiger partial charge in [0.15, 0.2) is 18.2 Å². The number of nitrogens with zero attached hydrogens (tertiary/aromatic N) is 4. The van der Waals surface area contributed by atoms with Gasteiger partial charge in [0.25, 0.3) is 0 Å². The van der Waals surface area contributed by atoms with Crippen molar-refractivity contribution in [2.75, 3.05) is 6.61 Å². The number of phosphoric acid groups is 1. The van der Waals surface area contributed by atoms with E-state index in [9.17, 15) is 42.4 Å². The van der Waals surface area contributed by atoms with E-state index in [2.05, 4.69) is 18.5 Å². The SMILES string of the molecule is NC1=C2N=CN([C@@H]3O[C@H](COP(=O)(O)OS(=O)(=O)O)[C@@H](O)[C@H]3O)C2N(P(=O)(O)O)C=N1.